The highest BCUT2D eigenvalue weighted by atomic mass is 35.5. The van der Waals surface area contributed by atoms with Gasteiger partial charge in [-0.25, -0.2) is 17.8 Å². The van der Waals surface area contributed by atoms with Crippen LogP contribution in [-0.4, -0.2) is 62.3 Å². The lowest BCUT2D eigenvalue weighted by molar-refractivity contribution is 0.0725. The quantitative estimate of drug-likeness (QED) is 0.814. The van der Waals surface area contributed by atoms with E-state index in [2.05, 4.69) is 4.98 Å². The summed E-state index contributed by atoms with van der Waals surface area (Å²) in [5.41, 5.74) is 0. The van der Waals surface area contributed by atoms with Gasteiger partial charge in [0.2, 0.25) is 10.0 Å². The number of pyridine rings is 1. The van der Waals surface area contributed by atoms with Crippen molar-refractivity contribution in [3.63, 3.8) is 0 Å². The zero-order valence-electron chi connectivity index (χ0n) is 12.6. The molecule has 0 amide bonds. The zero-order valence-corrected chi connectivity index (χ0v) is 14.2. The van der Waals surface area contributed by atoms with Crippen LogP contribution in [-0.2, 0) is 14.8 Å². The molecule has 23 heavy (non-hydrogen) atoms. The van der Waals surface area contributed by atoms with Crippen molar-refractivity contribution in [1.82, 2.24) is 9.29 Å². The maximum atomic E-state index is 14.0. The summed E-state index contributed by atoms with van der Waals surface area (Å²) in [5, 5.41) is -0.327. The minimum atomic E-state index is -3.41. The largest absolute Gasteiger partial charge is 0.379 e. The molecule has 0 bridgehead atoms. The van der Waals surface area contributed by atoms with Crippen LogP contribution in [0.3, 0.4) is 0 Å². The lowest BCUT2D eigenvalue weighted by Gasteiger charge is -2.36. The highest BCUT2D eigenvalue weighted by molar-refractivity contribution is 7.89. The third-order valence-electron chi connectivity index (χ3n) is 4.22. The first-order chi connectivity index (χ1) is 11.0. The van der Waals surface area contributed by atoms with Crippen LogP contribution in [0.15, 0.2) is 12.3 Å². The van der Waals surface area contributed by atoms with Gasteiger partial charge in [-0.05, 0) is 18.9 Å². The van der Waals surface area contributed by atoms with Crippen molar-refractivity contribution in [2.24, 2.45) is 0 Å². The van der Waals surface area contributed by atoms with Gasteiger partial charge in [0.1, 0.15) is 0 Å². The molecule has 1 aromatic rings. The molecule has 1 aromatic heterocycles. The fourth-order valence-corrected chi connectivity index (χ4v) is 5.08. The van der Waals surface area contributed by atoms with Gasteiger partial charge in [0.15, 0.2) is 11.6 Å². The molecule has 0 radical (unpaired) electrons. The van der Waals surface area contributed by atoms with Gasteiger partial charge < -0.3 is 9.64 Å². The summed E-state index contributed by atoms with van der Waals surface area (Å²) >= 11 is 5.72. The average Bonchev–Trinajstić information content (AvgIpc) is 2.56. The summed E-state index contributed by atoms with van der Waals surface area (Å²) in [6.45, 7) is 2.43. The predicted molar refractivity (Wildman–Crippen MR) is 85.8 cm³/mol. The number of aromatic nitrogens is 1. The second kappa shape index (κ2) is 6.88. The first-order valence-corrected chi connectivity index (χ1v) is 9.49. The molecule has 2 aliphatic heterocycles. The molecule has 2 fully saturated rings. The van der Waals surface area contributed by atoms with Crippen molar-refractivity contribution in [3.05, 3.63) is 23.1 Å². The van der Waals surface area contributed by atoms with Crippen LogP contribution in [0.5, 0.6) is 0 Å². The maximum Gasteiger partial charge on any atom is 0.218 e. The molecule has 1 unspecified atom stereocenters. The normalized spacial score (nSPS) is 23.9. The molecule has 2 saturated heterocycles. The van der Waals surface area contributed by atoms with Gasteiger partial charge in [0.05, 0.1) is 23.5 Å². The van der Waals surface area contributed by atoms with E-state index in [0.717, 1.165) is 0 Å². The van der Waals surface area contributed by atoms with Gasteiger partial charge >= 0.3 is 0 Å². The van der Waals surface area contributed by atoms with E-state index >= 15 is 0 Å². The maximum absolute atomic E-state index is 14.0. The van der Waals surface area contributed by atoms with Crippen LogP contribution >= 0.6 is 11.6 Å². The van der Waals surface area contributed by atoms with E-state index in [1.165, 1.54) is 16.6 Å². The van der Waals surface area contributed by atoms with Gasteiger partial charge in [-0.2, -0.15) is 4.31 Å². The fourth-order valence-electron chi connectivity index (χ4n) is 3.03. The molecule has 0 spiro atoms. The van der Waals surface area contributed by atoms with Crippen molar-refractivity contribution in [2.75, 3.05) is 44.3 Å². The number of piperidine rings is 1. The molecule has 9 heteroatoms. The third-order valence-corrected chi connectivity index (χ3v) is 6.74. The van der Waals surface area contributed by atoms with E-state index < -0.39 is 21.1 Å². The molecular formula is C14H19ClFN3O3S. The van der Waals surface area contributed by atoms with E-state index in [0.29, 0.717) is 45.7 Å². The van der Waals surface area contributed by atoms with Gasteiger partial charge in [-0.1, -0.05) is 11.6 Å². The van der Waals surface area contributed by atoms with Gasteiger partial charge in [0.25, 0.3) is 0 Å². The Labute approximate surface area is 140 Å². The fraction of sp³-hybridized carbons (Fsp3) is 0.643. The number of nitrogens with zero attached hydrogens (tertiary/aromatic N) is 3. The molecule has 6 nitrogen and oxygen atoms in total. The van der Waals surface area contributed by atoms with E-state index in [1.54, 1.807) is 4.90 Å². The standard InChI is InChI=1S/C14H19ClFN3O3S/c15-11-8-13(16)14(17-9-11)18-3-1-2-12(10-18)23(20,21)19-4-6-22-7-5-19/h8-9,12H,1-7,10H2. The number of halogens is 2. The van der Waals surface area contributed by atoms with Crippen molar-refractivity contribution < 1.29 is 17.5 Å². The third kappa shape index (κ3) is 3.60. The first kappa shape index (κ1) is 16.9. The molecule has 1 atom stereocenters. The van der Waals surface area contributed by atoms with Crippen molar-refractivity contribution in [2.45, 2.75) is 18.1 Å². The van der Waals surface area contributed by atoms with Gasteiger partial charge in [-0.3, -0.25) is 0 Å². The van der Waals surface area contributed by atoms with Crippen molar-refractivity contribution in [3.8, 4) is 0 Å². The number of anilines is 1. The van der Waals surface area contributed by atoms with E-state index in [-0.39, 0.29) is 17.4 Å². The Bertz CT molecular complexity index is 667. The number of sulfonamides is 1. The molecule has 0 N–H and O–H groups in total. The number of rotatable bonds is 3. The minimum absolute atomic E-state index is 0.163. The Kier molecular flexibility index (Phi) is 5.05. The Morgan fingerprint density at radius 2 is 2.04 bits per heavy atom. The van der Waals surface area contributed by atoms with Crippen molar-refractivity contribution in [1.29, 1.82) is 0 Å². The number of morpholine rings is 1. The summed E-state index contributed by atoms with van der Waals surface area (Å²) in [4.78, 5) is 5.71. The number of ether oxygens (including phenoxy) is 1. The molecule has 0 saturated carbocycles. The summed E-state index contributed by atoms with van der Waals surface area (Å²) < 4.78 is 46.3. The topological polar surface area (TPSA) is 62.7 Å². The first-order valence-electron chi connectivity index (χ1n) is 7.61. The molecule has 3 heterocycles. The highest BCUT2D eigenvalue weighted by Gasteiger charge is 2.36. The summed E-state index contributed by atoms with van der Waals surface area (Å²) in [6.07, 6.45) is 2.63. The van der Waals surface area contributed by atoms with Crippen molar-refractivity contribution >= 4 is 27.4 Å². The smallest absolute Gasteiger partial charge is 0.218 e. The molecule has 128 valence electrons. The second-order valence-corrected chi connectivity index (χ2v) is 8.38. The summed E-state index contributed by atoms with van der Waals surface area (Å²) in [6, 6.07) is 1.20. The lowest BCUT2D eigenvalue weighted by atomic mass is 10.1. The van der Waals surface area contributed by atoms with Crippen LogP contribution in [0.4, 0.5) is 10.2 Å². The second-order valence-electron chi connectivity index (χ2n) is 5.73. The average molecular weight is 364 g/mol. The summed E-state index contributed by atoms with van der Waals surface area (Å²) in [5.74, 6) is -0.363. The number of hydrogen-bond donors (Lipinski definition) is 0. The van der Waals surface area contributed by atoms with Crippen LogP contribution in [0.25, 0.3) is 0 Å². The van der Waals surface area contributed by atoms with Gasteiger partial charge in [0, 0.05) is 32.4 Å². The predicted octanol–water partition coefficient (Wildman–Crippen LogP) is 1.50. The molecule has 3 rings (SSSR count). The Balaban J connectivity index is 1.77. The highest BCUT2D eigenvalue weighted by Crippen LogP contribution is 2.27. The lowest BCUT2D eigenvalue weighted by Crippen LogP contribution is -2.51. The Hall–Kier alpha value is -0.960. The van der Waals surface area contributed by atoms with E-state index in [1.807, 2.05) is 0 Å². The van der Waals surface area contributed by atoms with E-state index in [9.17, 15) is 12.8 Å². The monoisotopic (exact) mass is 363 g/mol. The summed E-state index contributed by atoms with van der Waals surface area (Å²) in [7, 11) is -3.41. The Morgan fingerprint density at radius 1 is 1.30 bits per heavy atom. The Morgan fingerprint density at radius 3 is 2.74 bits per heavy atom. The van der Waals surface area contributed by atoms with Crippen LogP contribution < -0.4 is 4.90 Å². The zero-order chi connectivity index (χ0) is 16.4. The van der Waals surface area contributed by atoms with Gasteiger partial charge in [-0.15, -0.1) is 0 Å². The molecule has 0 aromatic carbocycles. The number of hydrogen-bond acceptors (Lipinski definition) is 5. The molecule has 2 aliphatic rings. The minimum Gasteiger partial charge on any atom is -0.379 e. The SMILES string of the molecule is O=S(=O)(C1CCCN(c2ncc(Cl)cc2F)C1)N1CCOCC1. The van der Waals surface area contributed by atoms with Crippen LogP contribution in [0.2, 0.25) is 5.02 Å². The van der Waals surface area contributed by atoms with Crippen LogP contribution in [0, 0.1) is 5.82 Å². The van der Waals surface area contributed by atoms with E-state index in [4.69, 9.17) is 16.3 Å². The molecule has 0 aliphatic carbocycles. The molecular weight excluding hydrogens is 345 g/mol. The van der Waals surface area contributed by atoms with Crippen LogP contribution in [0.1, 0.15) is 12.8 Å².